The number of Topliss-reactive ketones (excluding diaryl/α,β-unsaturated/α-hetero) is 1. The first-order valence-electron chi connectivity index (χ1n) is 10.8. The van der Waals surface area contributed by atoms with Gasteiger partial charge in [-0.1, -0.05) is 11.5 Å². The molecule has 15 nitrogen and oxygen atoms in total. The van der Waals surface area contributed by atoms with Gasteiger partial charge >= 0.3 is 49.7 Å². The molecule has 44 heavy (non-hydrogen) atoms. The maximum Gasteiger partial charge on any atom is 1.00 e. The number of hydrogen-bond donors (Lipinski definition) is 8. The molecule has 4 heterocycles. The average molecular weight is 674 g/mol. The Kier molecular flexibility index (Phi) is 18.4. The van der Waals surface area contributed by atoms with Crippen LogP contribution >= 0.6 is 45.3 Å². The van der Waals surface area contributed by atoms with Crippen molar-refractivity contribution >= 4 is 91.7 Å². The van der Waals surface area contributed by atoms with Crippen molar-refractivity contribution in [2.75, 3.05) is 37.0 Å². The summed E-state index contributed by atoms with van der Waals surface area (Å²) in [6.45, 7) is 1.39. The molecular formula is C23H25Li2N5O10S4. The van der Waals surface area contributed by atoms with Gasteiger partial charge in [-0.25, -0.2) is 9.59 Å². The fourth-order valence-electron chi connectivity index (χ4n) is 2.35. The summed E-state index contributed by atoms with van der Waals surface area (Å²) in [6, 6.07) is 0. The average Bonchev–Trinajstić information content (AvgIpc) is 3.64. The molecule has 0 fully saturated rings. The molecule has 1 amide bonds. The molecule has 0 aliphatic rings. The number of amides is 1. The van der Waals surface area contributed by atoms with E-state index < -0.39 is 23.4 Å². The van der Waals surface area contributed by atoms with Crippen molar-refractivity contribution in [2.45, 2.75) is 6.92 Å². The van der Waals surface area contributed by atoms with E-state index in [1.54, 1.807) is 24.9 Å². The van der Waals surface area contributed by atoms with Gasteiger partial charge in [-0.15, -0.1) is 45.3 Å². The maximum atomic E-state index is 11.3. The molecule has 12 N–H and O–H groups in total. The normalized spacial score (nSPS) is 9.25. The van der Waals surface area contributed by atoms with Gasteiger partial charge in [0.05, 0.1) is 11.4 Å². The Labute approximate surface area is 290 Å². The second-order valence-electron chi connectivity index (χ2n) is 7.80. The number of hydrogen-bond acceptors (Lipinski definition) is 16. The number of anilines is 4. The first kappa shape index (κ1) is 42.6. The third-order valence-electron chi connectivity index (χ3n) is 4.44. The molecule has 0 radical (unpaired) electrons. The molecule has 0 saturated heterocycles. The van der Waals surface area contributed by atoms with Crippen molar-refractivity contribution in [3.05, 3.63) is 41.0 Å². The number of nitrogen functional groups attached to an aromatic ring is 4. The quantitative estimate of drug-likeness (QED) is 0.0761. The number of carbonyl (C=O) groups excluding carboxylic acids is 2. The summed E-state index contributed by atoms with van der Waals surface area (Å²) in [6.07, 6.45) is 0. The first-order chi connectivity index (χ1) is 19.4. The van der Waals surface area contributed by atoms with Crippen LogP contribution in [0.25, 0.3) is 0 Å². The second-order valence-corrected chi connectivity index (χ2v) is 11.3. The Balaban J connectivity index is 0. The van der Waals surface area contributed by atoms with E-state index in [-0.39, 0.29) is 98.3 Å². The minimum atomic E-state index is -1.22. The predicted octanol–water partition coefficient (Wildman–Crippen LogP) is -3.81. The number of ketones is 1. The number of nitrogens with two attached hydrogens (primary N) is 4. The van der Waals surface area contributed by atoms with Crippen LogP contribution in [0.1, 0.15) is 45.6 Å². The standard InChI is InChI=1S/C7H10N2O2S.C6H7NO2S.2C5H5NO3S.2Li/c1-9(2)7(11)6-5(10)4(8)3-12-6;1-3(8)6-5(9)4(7)2-10-6;2*6-2-1-10-4(3(2)7)5(8)9;;/h3,10H,8H2,1-2H3;2,9H,7H2,1H3;2*1,7H,6H2,(H,8,9);;/q;;;;2*+1/p-2. The Bertz CT molecular complexity index is 1450. The summed E-state index contributed by atoms with van der Waals surface area (Å²) in [5, 5.41) is 62.2. The van der Waals surface area contributed by atoms with Gasteiger partial charge in [-0.2, -0.15) is 0 Å². The number of aromatic hydroxyl groups is 2. The van der Waals surface area contributed by atoms with Gasteiger partial charge in [-0.3, -0.25) is 9.59 Å². The zero-order valence-electron chi connectivity index (χ0n) is 23.9. The largest absolute Gasteiger partial charge is 1.00 e. The number of carbonyl (C=O) groups is 4. The SMILES string of the molecule is CC(=O)c1scc(N)c1O.CN(C)C(=O)c1scc(N)c1O.Nc1csc(C(=O)O)c1[O-].Nc1csc(C(=O)O)c1[O-].[Li+].[Li+]. The number of carboxylic acid groups (broad SMARTS) is 2. The summed E-state index contributed by atoms with van der Waals surface area (Å²) >= 11 is 4.00. The van der Waals surface area contributed by atoms with Gasteiger partial charge < -0.3 is 58.5 Å². The van der Waals surface area contributed by atoms with E-state index in [1.807, 2.05) is 0 Å². The van der Waals surface area contributed by atoms with Crippen molar-refractivity contribution in [3.63, 3.8) is 0 Å². The molecule has 0 unspecified atom stereocenters. The van der Waals surface area contributed by atoms with Crippen LogP contribution in [0.3, 0.4) is 0 Å². The number of thiophene rings is 4. The van der Waals surface area contributed by atoms with Crippen LogP contribution in [0.4, 0.5) is 22.7 Å². The molecule has 4 rings (SSSR count). The molecule has 0 saturated carbocycles. The minimum absolute atomic E-state index is 0. The number of rotatable bonds is 4. The van der Waals surface area contributed by atoms with Gasteiger partial charge in [0.1, 0.15) is 19.5 Å². The molecule has 0 aromatic carbocycles. The van der Waals surface area contributed by atoms with E-state index in [9.17, 15) is 34.5 Å². The monoisotopic (exact) mass is 673 g/mol. The zero-order chi connectivity index (χ0) is 32.5. The van der Waals surface area contributed by atoms with Crippen molar-refractivity contribution in [2.24, 2.45) is 0 Å². The molecule has 0 aliphatic carbocycles. The molecule has 0 spiro atoms. The Hall–Kier alpha value is -3.53. The van der Waals surface area contributed by atoms with E-state index in [1.165, 1.54) is 22.6 Å². The van der Waals surface area contributed by atoms with Crippen molar-refractivity contribution in [1.29, 1.82) is 0 Å². The molecule has 228 valence electrons. The van der Waals surface area contributed by atoms with E-state index in [4.69, 9.17) is 38.3 Å². The van der Waals surface area contributed by atoms with E-state index in [2.05, 4.69) is 0 Å². The predicted molar refractivity (Wildman–Crippen MR) is 159 cm³/mol. The second kappa shape index (κ2) is 19.0. The smallest absolute Gasteiger partial charge is 0.870 e. The third kappa shape index (κ3) is 11.5. The molecular weight excluding hydrogens is 648 g/mol. The topological polar surface area (TPSA) is 303 Å². The fraction of sp³-hybridized carbons (Fsp3) is 0.130. The maximum absolute atomic E-state index is 11.3. The fourth-order valence-corrected chi connectivity index (χ4v) is 5.33. The molecule has 0 aliphatic heterocycles. The van der Waals surface area contributed by atoms with Crippen molar-refractivity contribution in [1.82, 2.24) is 4.90 Å². The van der Waals surface area contributed by atoms with Crippen LogP contribution in [0, 0.1) is 0 Å². The Morgan fingerprint density at radius 2 is 0.932 bits per heavy atom. The summed E-state index contributed by atoms with van der Waals surface area (Å²) in [5.41, 5.74) is 21.4. The minimum Gasteiger partial charge on any atom is -0.870 e. The van der Waals surface area contributed by atoms with E-state index >= 15 is 0 Å². The van der Waals surface area contributed by atoms with Gasteiger partial charge in [0.2, 0.25) is 0 Å². The summed E-state index contributed by atoms with van der Waals surface area (Å²) in [5.74, 6) is -4.18. The number of aromatic carboxylic acids is 2. The van der Waals surface area contributed by atoms with Crippen LogP contribution in [0.15, 0.2) is 21.5 Å². The van der Waals surface area contributed by atoms with Crippen LogP contribution in [-0.2, 0) is 0 Å². The summed E-state index contributed by atoms with van der Waals surface area (Å²) in [4.78, 5) is 43.9. The van der Waals surface area contributed by atoms with Gasteiger partial charge in [0, 0.05) is 53.9 Å². The van der Waals surface area contributed by atoms with Crippen LogP contribution in [-0.4, -0.2) is 63.1 Å². The molecule has 0 atom stereocenters. The molecule has 0 bridgehead atoms. The molecule has 4 aromatic heterocycles. The number of nitrogens with zero attached hydrogens (tertiary/aromatic N) is 1. The summed E-state index contributed by atoms with van der Waals surface area (Å²) in [7, 11) is 3.25. The van der Waals surface area contributed by atoms with Crippen molar-refractivity contribution < 1.29 is 87.5 Å². The van der Waals surface area contributed by atoms with Crippen LogP contribution in [0.2, 0.25) is 0 Å². The molecule has 21 heteroatoms. The number of carboxylic acids is 2. The third-order valence-corrected chi connectivity index (χ3v) is 8.44. The van der Waals surface area contributed by atoms with E-state index in [0.29, 0.717) is 4.88 Å². The van der Waals surface area contributed by atoms with E-state index in [0.717, 1.165) is 45.3 Å². The Morgan fingerprint density at radius 3 is 1.09 bits per heavy atom. The molecule has 4 aromatic rings. The zero-order valence-corrected chi connectivity index (χ0v) is 27.2. The van der Waals surface area contributed by atoms with Crippen molar-refractivity contribution in [3.8, 4) is 23.0 Å². The van der Waals surface area contributed by atoms with Crippen LogP contribution < -0.4 is 70.9 Å². The van der Waals surface area contributed by atoms with Crippen LogP contribution in [0.5, 0.6) is 23.0 Å². The van der Waals surface area contributed by atoms with Gasteiger partial charge in [0.15, 0.2) is 17.3 Å². The van der Waals surface area contributed by atoms with Gasteiger partial charge in [0.25, 0.3) is 5.91 Å². The first-order valence-corrected chi connectivity index (χ1v) is 14.3. The summed E-state index contributed by atoms with van der Waals surface area (Å²) < 4.78 is 0. The van der Waals surface area contributed by atoms with Gasteiger partial charge in [-0.05, 0) is 0 Å². The Morgan fingerprint density at radius 1 is 0.636 bits per heavy atom.